The summed E-state index contributed by atoms with van der Waals surface area (Å²) in [5.74, 6) is 0.881. The fraction of sp³-hybridized carbons (Fsp3) is 0.692. The smallest absolute Gasteiger partial charge is 0.276 e. The van der Waals surface area contributed by atoms with Crippen LogP contribution in [-0.2, 0) is 21.3 Å². The number of hydrogen-bond acceptors (Lipinski definition) is 5. The number of piperidine rings is 1. The third-order valence-corrected chi connectivity index (χ3v) is 5.21. The maximum atomic E-state index is 12.5. The van der Waals surface area contributed by atoms with Crippen molar-refractivity contribution in [2.75, 3.05) is 33.9 Å². The maximum absolute atomic E-state index is 12.5. The highest BCUT2D eigenvalue weighted by Crippen LogP contribution is 2.25. The fourth-order valence-corrected chi connectivity index (χ4v) is 3.99. The zero-order chi connectivity index (χ0) is 14.6. The van der Waals surface area contributed by atoms with Crippen molar-refractivity contribution in [3.8, 4) is 0 Å². The van der Waals surface area contributed by atoms with Gasteiger partial charge in [-0.1, -0.05) is 0 Å². The van der Waals surface area contributed by atoms with Gasteiger partial charge in [-0.25, -0.2) is 8.42 Å². The summed E-state index contributed by atoms with van der Waals surface area (Å²) in [7, 11) is -0.0962. The van der Waals surface area contributed by atoms with Crippen LogP contribution < -0.4 is 5.32 Å². The number of hydrogen-bond donors (Lipinski definition) is 1. The van der Waals surface area contributed by atoms with Gasteiger partial charge >= 0.3 is 0 Å². The van der Waals surface area contributed by atoms with E-state index in [0.717, 1.165) is 12.8 Å². The third kappa shape index (κ3) is 3.41. The molecule has 20 heavy (non-hydrogen) atoms. The molecule has 1 aliphatic heterocycles. The van der Waals surface area contributed by atoms with E-state index in [4.69, 9.17) is 9.15 Å². The van der Waals surface area contributed by atoms with E-state index < -0.39 is 10.0 Å². The molecule has 0 saturated carbocycles. The first-order valence-electron chi connectivity index (χ1n) is 6.80. The number of sulfonamides is 1. The second-order valence-corrected chi connectivity index (χ2v) is 6.95. The minimum Gasteiger partial charge on any atom is -0.447 e. The normalized spacial score (nSPS) is 21.2. The molecular formula is C13H22N2O4S. The number of methoxy groups -OCH3 is 1. The minimum absolute atomic E-state index is 0.0285. The van der Waals surface area contributed by atoms with Gasteiger partial charge in [0.1, 0.15) is 5.76 Å². The van der Waals surface area contributed by atoms with E-state index in [1.807, 2.05) is 0 Å². The zero-order valence-corrected chi connectivity index (χ0v) is 12.8. The van der Waals surface area contributed by atoms with Gasteiger partial charge in [-0.2, -0.15) is 4.31 Å². The molecule has 1 aromatic rings. The van der Waals surface area contributed by atoms with Crippen LogP contribution in [0.3, 0.4) is 0 Å². The topological polar surface area (TPSA) is 71.8 Å². The van der Waals surface area contributed by atoms with Crippen molar-refractivity contribution in [1.82, 2.24) is 9.62 Å². The molecule has 1 N–H and O–H groups in total. The van der Waals surface area contributed by atoms with Crippen molar-refractivity contribution >= 4 is 10.0 Å². The Balaban J connectivity index is 2.12. The molecule has 0 radical (unpaired) electrons. The molecule has 0 aliphatic carbocycles. The molecule has 0 amide bonds. The molecule has 1 saturated heterocycles. The first-order valence-corrected chi connectivity index (χ1v) is 8.24. The molecule has 1 aromatic heterocycles. The van der Waals surface area contributed by atoms with Gasteiger partial charge in [0.2, 0.25) is 5.09 Å². The van der Waals surface area contributed by atoms with Crippen molar-refractivity contribution in [2.45, 2.75) is 24.5 Å². The van der Waals surface area contributed by atoms with E-state index in [1.54, 1.807) is 20.2 Å². The molecule has 2 heterocycles. The maximum Gasteiger partial charge on any atom is 0.276 e. The molecule has 114 valence electrons. The van der Waals surface area contributed by atoms with Crippen LogP contribution >= 0.6 is 0 Å². The molecule has 0 aromatic carbocycles. The second kappa shape index (κ2) is 6.71. The van der Waals surface area contributed by atoms with E-state index in [2.05, 4.69) is 5.32 Å². The van der Waals surface area contributed by atoms with Crippen molar-refractivity contribution < 1.29 is 17.6 Å². The van der Waals surface area contributed by atoms with E-state index >= 15 is 0 Å². The van der Waals surface area contributed by atoms with Crippen molar-refractivity contribution in [3.05, 3.63) is 17.9 Å². The van der Waals surface area contributed by atoms with Gasteiger partial charge in [0.25, 0.3) is 10.0 Å². The van der Waals surface area contributed by atoms with E-state index in [-0.39, 0.29) is 11.0 Å². The molecule has 1 atom stereocenters. The third-order valence-electron chi connectivity index (χ3n) is 3.47. The van der Waals surface area contributed by atoms with Gasteiger partial charge in [0.15, 0.2) is 0 Å². The number of furan rings is 1. The summed E-state index contributed by atoms with van der Waals surface area (Å²) in [6.45, 7) is 2.15. The Bertz CT molecular complexity index is 524. The largest absolute Gasteiger partial charge is 0.447 e. The lowest BCUT2D eigenvalue weighted by Crippen LogP contribution is -2.40. The highest BCUT2D eigenvalue weighted by atomic mass is 32.2. The van der Waals surface area contributed by atoms with Crippen LogP contribution in [0.25, 0.3) is 0 Å². The molecule has 2 rings (SSSR count). The summed E-state index contributed by atoms with van der Waals surface area (Å²) >= 11 is 0. The Hall–Kier alpha value is -0.890. The number of rotatable bonds is 6. The van der Waals surface area contributed by atoms with E-state index in [9.17, 15) is 8.42 Å². The average Bonchev–Trinajstić information content (AvgIpc) is 2.89. The van der Waals surface area contributed by atoms with Gasteiger partial charge in [-0.15, -0.1) is 0 Å². The van der Waals surface area contributed by atoms with Crippen LogP contribution in [0.4, 0.5) is 0 Å². The highest BCUT2D eigenvalue weighted by Gasteiger charge is 2.32. The summed E-state index contributed by atoms with van der Waals surface area (Å²) in [6.07, 6.45) is 1.86. The van der Waals surface area contributed by atoms with E-state index in [0.29, 0.717) is 32.0 Å². The van der Waals surface area contributed by atoms with Crippen molar-refractivity contribution in [2.24, 2.45) is 5.92 Å². The molecule has 1 aliphatic rings. The molecular weight excluding hydrogens is 280 g/mol. The molecule has 0 spiro atoms. The van der Waals surface area contributed by atoms with E-state index in [1.165, 1.54) is 10.4 Å². The van der Waals surface area contributed by atoms with Crippen LogP contribution in [0.1, 0.15) is 18.6 Å². The van der Waals surface area contributed by atoms with Gasteiger partial charge in [-0.05, 0) is 37.9 Å². The number of ether oxygens (including phenoxy) is 1. The summed E-state index contributed by atoms with van der Waals surface area (Å²) < 4.78 is 37.1. The van der Waals surface area contributed by atoms with Crippen molar-refractivity contribution in [3.63, 3.8) is 0 Å². The molecule has 1 unspecified atom stereocenters. The monoisotopic (exact) mass is 302 g/mol. The lowest BCUT2D eigenvalue weighted by molar-refractivity contribution is 0.118. The van der Waals surface area contributed by atoms with Crippen LogP contribution in [0.5, 0.6) is 0 Å². The molecule has 7 heteroatoms. The summed E-state index contributed by atoms with van der Waals surface area (Å²) in [6, 6.07) is 3.22. The predicted octanol–water partition coefficient (Wildman–Crippen LogP) is 1.05. The summed E-state index contributed by atoms with van der Waals surface area (Å²) in [5.41, 5.74) is 0. The Morgan fingerprint density at radius 2 is 2.30 bits per heavy atom. The Morgan fingerprint density at radius 3 is 3.00 bits per heavy atom. The summed E-state index contributed by atoms with van der Waals surface area (Å²) in [4.78, 5) is 0. The Kier molecular flexibility index (Phi) is 5.20. The minimum atomic E-state index is -3.53. The standard InChI is InChI=1S/C13H22N2O4S/c1-14-8-12-5-6-13(19-12)20(16,17)15-7-3-4-11(9-15)10-18-2/h5-6,11,14H,3-4,7-10H2,1-2H3. The van der Waals surface area contributed by atoms with Crippen LogP contribution in [0.2, 0.25) is 0 Å². The average molecular weight is 302 g/mol. The van der Waals surface area contributed by atoms with Crippen molar-refractivity contribution in [1.29, 1.82) is 0 Å². The SMILES string of the molecule is CNCc1ccc(S(=O)(=O)N2CCCC(COC)C2)o1. The summed E-state index contributed by atoms with van der Waals surface area (Å²) in [5, 5.41) is 2.96. The number of nitrogens with zero attached hydrogens (tertiary/aromatic N) is 1. The zero-order valence-electron chi connectivity index (χ0n) is 12.0. The van der Waals surface area contributed by atoms with Gasteiger partial charge in [0, 0.05) is 20.2 Å². The lowest BCUT2D eigenvalue weighted by Gasteiger charge is -2.30. The van der Waals surface area contributed by atoms with Gasteiger partial charge in [-0.3, -0.25) is 0 Å². The Morgan fingerprint density at radius 1 is 1.50 bits per heavy atom. The lowest BCUT2D eigenvalue weighted by atomic mass is 10.0. The van der Waals surface area contributed by atoms with Crippen LogP contribution in [-0.4, -0.2) is 46.6 Å². The van der Waals surface area contributed by atoms with Crippen LogP contribution in [0.15, 0.2) is 21.6 Å². The fourth-order valence-electron chi connectivity index (χ4n) is 2.51. The second-order valence-electron chi connectivity index (χ2n) is 5.08. The predicted molar refractivity (Wildman–Crippen MR) is 74.8 cm³/mol. The highest BCUT2D eigenvalue weighted by molar-refractivity contribution is 7.89. The quantitative estimate of drug-likeness (QED) is 0.850. The molecule has 0 bridgehead atoms. The first-order chi connectivity index (χ1) is 9.57. The molecule has 6 nitrogen and oxygen atoms in total. The first kappa shape index (κ1) is 15.5. The van der Waals surface area contributed by atoms with Gasteiger partial charge in [0.05, 0.1) is 13.2 Å². The van der Waals surface area contributed by atoms with Crippen LogP contribution in [0, 0.1) is 5.92 Å². The Labute approximate surface area is 120 Å². The van der Waals surface area contributed by atoms with Gasteiger partial charge < -0.3 is 14.5 Å². The number of nitrogens with one attached hydrogen (secondary N) is 1. The molecule has 1 fully saturated rings.